The molecule has 2 heterocycles. The molecule has 0 atom stereocenters. The first kappa shape index (κ1) is 20.4. The van der Waals surface area contributed by atoms with Gasteiger partial charge in [-0.2, -0.15) is 0 Å². The van der Waals surface area contributed by atoms with Crippen molar-refractivity contribution in [3.8, 4) is 0 Å². The third kappa shape index (κ3) is 3.80. The molecule has 7 nitrogen and oxygen atoms in total. The van der Waals surface area contributed by atoms with Gasteiger partial charge >= 0.3 is 0 Å². The predicted octanol–water partition coefficient (Wildman–Crippen LogP) is 4.80. The van der Waals surface area contributed by atoms with Crippen LogP contribution in [-0.2, 0) is 9.59 Å². The van der Waals surface area contributed by atoms with Crippen molar-refractivity contribution in [3.63, 3.8) is 0 Å². The Morgan fingerprint density at radius 2 is 1.76 bits per heavy atom. The lowest BCUT2D eigenvalue weighted by molar-refractivity contribution is -0.124. The van der Waals surface area contributed by atoms with Gasteiger partial charge in [0.25, 0.3) is 5.91 Å². The standard InChI is InChI=1S/C26H20N4O3/c1-16-20(7-4-14-27-16)26(33)28-18-9-11-19(12-10-18)30-22-13-8-17-5-2-3-6-21(17)25(22)29-23(31)15-24(30)32/h2-14H,15H2,1H3,(H,28,33)(H,29,31). The van der Waals surface area contributed by atoms with Crippen molar-refractivity contribution in [1.29, 1.82) is 0 Å². The molecule has 33 heavy (non-hydrogen) atoms. The SMILES string of the molecule is Cc1ncccc1C(=O)Nc1ccc(N2C(=O)CC(=O)Nc3c2ccc2ccccc32)cc1. The number of hydrogen-bond acceptors (Lipinski definition) is 4. The second-order valence-electron chi connectivity index (χ2n) is 7.77. The van der Waals surface area contributed by atoms with Crippen molar-refractivity contribution in [3.05, 3.63) is 90.3 Å². The number of carbonyl (C=O) groups is 3. The Labute approximate surface area is 190 Å². The number of fused-ring (bicyclic) bond motifs is 3. The Morgan fingerprint density at radius 3 is 2.55 bits per heavy atom. The van der Waals surface area contributed by atoms with E-state index in [1.165, 1.54) is 4.90 Å². The summed E-state index contributed by atoms with van der Waals surface area (Å²) in [7, 11) is 0. The highest BCUT2D eigenvalue weighted by molar-refractivity contribution is 6.21. The summed E-state index contributed by atoms with van der Waals surface area (Å²) in [6.45, 7) is 1.78. The second kappa shape index (κ2) is 8.20. The number of anilines is 4. The number of aromatic nitrogens is 1. The number of hydrogen-bond donors (Lipinski definition) is 2. The third-order valence-electron chi connectivity index (χ3n) is 5.61. The van der Waals surface area contributed by atoms with E-state index in [0.29, 0.717) is 34.0 Å². The molecule has 2 N–H and O–H groups in total. The van der Waals surface area contributed by atoms with Crippen LogP contribution in [0.4, 0.5) is 22.7 Å². The zero-order chi connectivity index (χ0) is 22.9. The summed E-state index contributed by atoms with van der Waals surface area (Å²) >= 11 is 0. The summed E-state index contributed by atoms with van der Waals surface area (Å²) in [5.74, 6) is -0.939. The monoisotopic (exact) mass is 436 g/mol. The minimum absolute atomic E-state index is 0.259. The summed E-state index contributed by atoms with van der Waals surface area (Å²) in [6.07, 6.45) is 1.38. The lowest BCUT2D eigenvalue weighted by atomic mass is 10.1. The Balaban J connectivity index is 1.50. The van der Waals surface area contributed by atoms with E-state index >= 15 is 0 Å². The molecule has 0 spiro atoms. The van der Waals surface area contributed by atoms with Crippen LogP contribution in [-0.4, -0.2) is 22.7 Å². The first-order chi connectivity index (χ1) is 16.0. The topological polar surface area (TPSA) is 91.4 Å². The number of rotatable bonds is 3. The van der Waals surface area contributed by atoms with E-state index in [2.05, 4.69) is 15.6 Å². The molecule has 1 aliphatic heterocycles. The van der Waals surface area contributed by atoms with Crippen LogP contribution >= 0.6 is 0 Å². The molecule has 0 aliphatic carbocycles. The number of carbonyl (C=O) groups excluding carboxylic acids is 3. The van der Waals surface area contributed by atoms with Gasteiger partial charge in [0.05, 0.1) is 16.9 Å². The average molecular weight is 436 g/mol. The van der Waals surface area contributed by atoms with E-state index < -0.39 is 0 Å². The first-order valence-corrected chi connectivity index (χ1v) is 10.5. The van der Waals surface area contributed by atoms with Gasteiger partial charge in [0.2, 0.25) is 11.8 Å². The molecule has 0 unspecified atom stereocenters. The number of nitrogens with one attached hydrogen (secondary N) is 2. The van der Waals surface area contributed by atoms with Crippen LogP contribution in [0.1, 0.15) is 22.5 Å². The van der Waals surface area contributed by atoms with Gasteiger partial charge in [-0.25, -0.2) is 0 Å². The van der Waals surface area contributed by atoms with Gasteiger partial charge in [0.1, 0.15) is 6.42 Å². The van der Waals surface area contributed by atoms with E-state index in [1.807, 2.05) is 36.4 Å². The summed E-state index contributed by atoms with van der Waals surface area (Å²) in [6, 6.07) is 21.8. The maximum Gasteiger partial charge on any atom is 0.257 e. The molecule has 5 rings (SSSR count). The fourth-order valence-electron chi connectivity index (χ4n) is 4.01. The van der Waals surface area contributed by atoms with Crippen molar-refractivity contribution < 1.29 is 14.4 Å². The Bertz CT molecular complexity index is 1410. The van der Waals surface area contributed by atoms with Crippen molar-refractivity contribution in [1.82, 2.24) is 4.98 Å². The fourth-order valence-corrected chi connectivity index (χ4v) is 4.01. The van der Waals surface area contributed by atoms with Crippen molar-refractivity contribution >= 4 is 51.2 Å². The Morgan fingerprint density at radius 1 is 0.970 bits per heavy atom. The van der Waals surface area contributed by atoms with Crippen molar-refractivity contribution in [2.45, 2.75) is 13.3 Å². The van der Waals surface area contributed by atoms with Gasteiger partial charge in [-0.3, -0.25) is 24.3 Å². The average Bonchev–Trinajstić information content (AvgIpc) is 2.94. The normalized spacial score (nSPS) is 13.3. The molecule has 162 valence electrons. The van der Waals surface area contributed by atoms with Gasteiger partial charge < -0.3 is 10.6 Å². The molecule has 7 heteroatoms. The van der Waals surface area contributed by atoms with Gasteiger partial charge in [0.15, 0.2) is 0 Å². The smallest absolute Gasteiger partial charge is 0.257 e. The Hall–Kier alpha value is -4.52. The highest BCUT2D eigenvalue weighted by Gasteiger charge is 2.28. The van der Waals surface area contributed by atoms with Crippen LogP contribution in [0.15, 0.2) is 79.0 Å². The third-order valence-corrected chi connectivity index (χ3v) is 5.61. The van der Waals surface area contributed by atoms with Crippen LogP contribution in [0.3, 0.4) is 0 Å². The first-order valence-electron chi connectivity index (χ1n) is 10.5. The lowest BCUT2D eigenvalue weighted by Gasteiger charge is -2.23. The molecule has 0 saturated carbocycles. The molecule has 3 amide bonds. The maximum atomic E-state index is 13.0. The van der Waals surface area contributed by atoms with Crippen LogP contribution in [0.2, 0.25) is 0 Å². The Kier molecular flexibility index (Phi) is 5.06. The zero-order valence-corrected chi connectivity index (χ0v) is 17.8. The fraction of sp³-hybridized carbons (Fsp3) is 0.0769. The van der Waals surface area contributed by atoms with E-state index in [0.717, 1.165) is 10.8 Å². The highest BCUT2D eigenvalue weighted by Crippen LogP contribution is 2.40. The zero-order valence-electron chi connectivity index (χ0n) is 17.8. The largest absolute Gasteiger partial charge is 0.323 e. The molecule has 0 fully saturated rings. The number of amides is 3. The predicted molar refractivity (Wildman–Crippen MR) is 128 cm³/mol. The van der Waals surface area contributed by atoms with Crippen LogP contribution in [0.5, 0.6) is 0 Å². The molecular formula is C26H20N4O3. The molecule has 0 saturated heterocycles. The van der Waals surface area contributed by atoms with Crippen LogP contribution in [0.25, 0.3) is 10.8 Å². The van der Waals surface area contributed by atoms with Crippen molar-refractivity contribution in [2.24, 2.45) is 0 Å². The summed E-state index contributed by atoms with van der Waals surface area (Å²) in [4.78, 5) is 43.7. The van der Waals surface area contributed by atoms with Gasteiger partial charge in [-0.05, 0) is 54.8 Å². The molecule has 1 aromatic heterocycles. The number of pyridine rings is 1. The summed E-state index contributed by atoms with van der Waals surface area (Å²) in [5.41, 5.74) is 3.53. The molecule has 1 aliphatic rings. The van der Waals surface area contributed by atoms with Gasteiger partial charge in [-0.15, -0.1) is 0 Å². The summed E-state index contributed by atoms with van der Waals surface area (Å²) < 4.78 is 0. The maximum absolute atomic E-state index is 13.0. The number of nitrogens with zero attached hydrogens (tertiary/aromatic N) is 2. The van der Waals surface area contributed by atoms with Crippen LogP contribution in [0, 0.1) is 6.92 Å². The van der Waals surface area contributed by atoms with E-state index in [4.69, 9.17) is 0 Å². The van der Waals surface area contributed by atoms with Crippen LogP contribution < -0.4 is 15.5 Å². The van der Waals surface area contributed by atoms with E-state index in [1.54, 1.807) is 49.5 Å². The second-order valence-corrected chi connectivity index (χ2v) is 7.77. The molecule has 0 bridgehead atoms. The molecular weight excluding hydrogens is 416 g/mol. The molecule has 0 radical (unpaired) electrons. The van der Waals surface area contributed by atoms with Gasteiger partial charge in [-0.1, -0.05) is 30.3 Å². The van der Waals surface area contributed by atoms with Gasteiger partial charge in [0, 0.05) is 28.7 Å². The number of aryl methyl sites for hydroxylation is 1. The molecule has 3 aromatic carbocycles. The minimum atomic E-state index is -0.351. The number of benzene rings is 3. The lowest BCUT2D eigenvalue weighted by Crippen LogP contribution is -2.26. The summed E-state index contributed by atoms with van der Waals surface area (Å²) in [5, 5.41) is 7.57. The minimum Gasteiger partial charge on any atom is -0.323 e. The molecule has 4 aromatic rings. The van der Waals surface area contributed by atoms with E-state index in [9.17, 15) is 14.4 Å². The highest BCUT2D eigenvalue weighted by atomic mass is 16.2. The van der Waals surface area contributed by atoms with Crippen molar-refractivity contribution in [2.75, 3.05) is 15.5 Å². The van der Waals surface area contributed by atoms with E-state index in [-0.39, 0.29) is 24.1 Å². The quantitative estimate of drug-likeness (QED) is 0.451.